The highest BCUT2D eigenvalue weighted by molar-refractivity contribution is 5.74. The van der Waals surface area contributed by atoms with E-state index in [1.54, 1.807) is 0 Å². The number of aryl methyl sites for hydroxylation is 1. The highest BCUT2D eigenvalue weighted by Crippen LogP contribution is 2.08. The van der Waals surface area contributed by atoms with Crippen molar-refractivity contribution < 1.29 is 4.79 Å². The quantitative estimate of drug-likeness (QED) is 0.820. The Bertz CT molecular complexity index is 441. The third-order valence-corrected chi connectivity index (χ3v) is 4.58. The minimum atomic E-state index is 0.0943. The molecule has 0 spiro atoms. The number of amides is 2. The SMILES string of the molecule is CCC(C)N1CCN(C(=O)NCCCc2ccccc2)CC1. The molecule has 122 valence electrons. The number of rotatable bonds is 6. The molecular formula is C18H29N3O. The molecule has 1 aliphatic rings. The maximum absolute atomic E-state index is 12.2. The average Bonchev–Trinajstić information content (AvgIpc) is 2.59. The topological polar surface area (TPSA) is 35.6 Å². The highest BCUT2D eigenvalue weighted by Gasteiger charge is 2.22. The molecule has 2 rings (SSSR count). The molecule has 2 amide bonds. The molecule has 1 fully saturated rings. The standard InChI is InChI=1S/C18H29N3O/c1-3-16(2)20-12-14-21(15-13-20)18(22)19-11-7-10-17-8-5-4-6-9-17/h4-6,8-9,16H,3,7,10-15H2,1-2H3,(H,19,22). The summed E-state index contributed by atoms with van der Waals surface area (Å²) in [5, 5.41) is 3.05. The van der Waals surface area contributed by atoms with Crippen molar-refractivity contribution in [2.24, 2.45) is 0 Å². The van der Waals surface area contributed by atoms with Crippen LogP contribution in [0.1, 0.15) is 32.3 Å². The van der Waals surface area contributed by atoms with E-state index in [4.69, 9.17) is 0 Å². The zero-order chi connectivity index (χ0) is 15.8. The summed E-state index contributed by atoms with van der Waals surface area (Å²) >= 11 is 0. The van der Waals surface area contributed by atoms with E-state index in [-0.39, 0.29) is 6.03 Å². The Morgan fingerprint density at radius 2 is 1.86 bits per heavy atom. The zero-order valence-corrected chi connectivity index (χ0v) is 13.9. The number of hydrogen-bond donors (Lipinski definition) is 1. The van der Waals surface area contributed by atoms with Crippen LogP contribution in [0.4, 0.5) is 4.79 Å². The van der Waals surface area contributed by atoms with Crippen LogP contribution in [0.5, 0.6) is 0 Å². The van der Waals surface area contributed by atoms with Crippen LogP contribution in [-0.2, 0) is 6.42 Å². The summed E-state index contributed by atoms with van der Waals surface area (Å²) in [6, 6.07) is 11.1. The van der Waals surface area contributed by atoms with Crippen molar-refractivity contribution in [1.82, 2.24) is 15.1 Å². The third kappa shape index (κ3) is 5.02. The Morgan fingerprint density at radius 1 is 1.18 bits per heavy atom. The van der Waals surface area contributed by atoms with Crippen molar-refractivity contribution in [2.45, 2.75) is 39.2 Å². The molecule has 0 aromatic heterocycles. The van der Waals surface area contributed by atoms with Gasteiger partial charge in [-0.25, -0.2) is 4.79 Å². The largest absolute Gasteiger partial charge is 0.338 e. The first-order valence-electron chi connectivity index (χ1n) is 8.51. The lowest BCUT2D eigenvalue weighted by Crippen LogP contribution is -2.53. The van der Waals surface area contributed by atoms with Crippen LogP contribution in [0.3, 0.4) is 0 Å². The van der Waals surface area contributed by atoms with Gasteiger partial charge in [-0.3, -0.25) is 4.90 Å². The van der Waals surface area contributed by atoms with Gasteiger partial charge < -0.3 is 10.2 Å². The summed E-state index contributed by atoms with van der Waals surface area (Å²) < 4.78 is 0. The van der Waals surface area contributed by atoms with Gasteiger partial charge in [-0.1, -0.05) is 37.3 Å². The van der Waals surface area contributed by atoms with Gasteiger partial charge in [-0.05, 0) is 31.7 Å². The van der Waals surface area contributed by atoms with E-state index >= 15 is 0 Å². The summed E-state index contributed by atoms with van der Waals surface area (Å²) in [5.41, 5.74) is 1.33. The van der Waals surface area contributed by atoms with Crippen molar-refractivity contribution in [3.8, 4) is 0 Å². The molecule has 0 bridgehead atoms. The smallest absolute Gasteiger partial charge is 0.317 e. The van der Waals surface area contributed by atoms with Gasteiger partial charge in [0, 0.05) is 38.8 Å². The second-order valence-corrected chi connectivity index (χ2v) is 6.10. The van der Waals surface area contributed by atoms with E-state index in [1.807, 2.05) is 11.0 Å². The maximum atomic E-state index is 12.2. The van der Waals surface area contributed by atoms with Crippen LogP contribution in [-0.4, -0.2) is 54.6 Å². The van der Waals surface area contributed by atoms with Gasteiger partial charge in [0.25, 0.3) is 0 Å². The number of nitrogens with zero attached hydrogens (tertiary/aromatic N) is 2. The number of nitrogens with one attached hydrogen (secondary N) is 1. The zero-order valence-electron chi connectivity index (χ0n) is 13.9. The number of carbonyl (C=O) groups is 1. The highest BCUT2D eigenvalue weighted by atomic mass is 16.2. The monoisotopic (exact) mass is 303 g/mol. The molecule has 1 N–H and O–H groups in total. The van der Waals surface area contributed by atoms with Crippen molar-refractivity contribution in [3.63, 3.8) is 0 Å². The van der Waals surface area contributed by atoms with E-state index in [1.165, 1.54) is 12.0 Å². The second kappa shape index (κ2) is 8.79. The normalized spacial score (nSPS) is 17.3. The fourth-order valence-electron chi connectivity index (χ4n) is 2.87. The molecule has 22 heavy (non-hydrogen) atoms. The summed E-state index contributed by atoms with van der Waals surface area (Å²) in [7, 11) is 0. The second-order valence-electron chi connectivity index (χ2n) is 6.10. The molecule has 0 saturated carbocycles. The van der Waals surface area contributed by atoms with Crippen LogP contribution in [0.25, 0.3) is 0 Å². The van der Waals surface area contributed by atoms with Gasteiger partial charge in [-0.2, -0.15) is 0 Å². The number of benzene rings is 1. The van der Waals surface area contributed by atoms with Gasteiger partial charge >= 0.3 is 6.03 Å². The molecule has 0 aliphatic carbocycles. The first kappa shape index (κ1) is 16.8. The number of urea groups is 1. The maximum Gasteiger partial charge on any atom is 0.317 e. The van der Waals surface area contributed by atoms with Gasteiger partial charge in [0.1, 0.15) is 0 Å². The molecule has 1 unspecified atom stereocenters. The molecule has 1 aromatic rings. The van der Waals surface area contributed by atoms with Crippen LogP contribution < -0.4 is 5.32 Å². The lowest BCUT2D eigenvalue weighted by atomic mass is 10.1. The van der Waals surface area contributed by atoms with E-state index in [0.29, 0.717) is 6.04 Å². The number of piperazine rings is 1. The fourth-order valence-corrected chi connectivity index (χ4v) is 2.87. The van der Waals surface area contributed by atoms with Crippen molar-refractivity contribution >= 4 is 6.03 Å². The van der Waals surface area contributed by atoms with Crippen LogP contribution in [0.2, 0.25) is 0 Å². The first-order chi connectivity index (χ1) is 10.7. The minimum Gasteiger partial charge on any atom is -0.338 e. The van der Waals surface area contributed by atoms with Crippen LogP contribution in [0, 0.1) is 0 Å². The molecule has 1 saturated heterocycles. The molecule has 1 aliphatic heterocycles. The molecule has 4 heteroatoms. The summed E-state index contributed by atoms with van der Waals surface area (Å²) in [5.74, 6) is 0. The number of hydrogen-bond acceptors (Lipinski definition) is 2. The van der Waals surface area contributed by atoms with Gasteiger partial charge in [-0.15, -0.1) is 0 Å². The predicted molar refractivity (Wildman–Crippen MR) is 91.1 cm³/mol. The van der Waals surface area contributed by atoms with Gasteiger partial charge in [0.2, 0.25) is 0 Å². The van der Waals surface area contributed by atoms with E-state index in [0.717, 1.165) is 45.6 Å². The summed E-state index contributed by atoms with van der Waals surface area (Å²) in [6.45, 7) is 8.90. The van der Waals surface area contributed by atoms with Crippen molar-refractivity contribution in [2.75, 3.05) is 32.7 Å². The van der Waals surface area contributed by atoms with Crippen LogP contribution in [0.15, 0.2) is 30.3 Å². The molecule has 1 atom stereocenters. The van der Waals surface area contributed by atoms with Gasteiger partial charge in [0.05, 0.1) is 0 Å². The van der Waals surface area contributed by atoms with Crippen molar-refractivity contribution in [3.05, 3.63) is 35.9 Å². The van der Waals surface area contributed by atoms with Gasteiger partial charge in [0.15, 0.2) is 0 Å². The first-order valence-corrected chi connectivity index (χ1v) is 8.51. The Balaban J connectivity index is 1.62. The molecule has 1 aromatic carbocycles. The molecular weight excluding hydrogens is 274 g/mol. The predicted octanol–water partition coefficient (Wildman–Crippen LogP) is 2.74. The van der Waals surface area contributed by atoms with E-state index in [2.05, 4.69) is 48.3 Å². The molecule has 1 heterocycles. The lowest BCUT2D eigenvalue weighted by Gasteiger charge is -2.37. The summed E-state index contributed by atoms with van der Waals surface area (Å²) in [4.78, 5) is 16.6. The Hall–Kier alpha value is -1.55. The number of carbonyl (C=O) groups excluding carboxylic acids is 1. The molecule has 4 nitrogen and oxygen atoms in total. The fraction of sp³-hybridized carbons (Fsp3) is 0.611. The Morgan fingerprint density at radius 3 is 2.50 bits per heavy atom. The minimum absolute atomic E-state index is 0.0943. The Kier molecular flexibility index (Phi) is 6.72. The van der Waals surface area contributed by atoms with Crippen molar-refractivity contribution in [1.29, 1.82) is 0 Å². The van der Waals surface area contributed by atoms with E-state index < -0.39 is 0 Å². The lowest BCUT2D eigenvalue weighted by molar-refractivity contribution is 0.112. The van der Waals surface area contributed by atoms with Crippen LogP contribution >= 0.6 is 0 Å². The van der Waals surface area contributed by atoms with E-state index in [9.17, 15) is 4.79 Å². The average molecular weight is 303 g/mol. The summed E-state index contributed by atoms with van der Waals surface area (Å²) in [6.07, 6.45) is 3.18. The Labute approximate surface area is 134 Å². The molecule has 0 radical (unpaired) electrons. The third-order valence-electron chi connectivity index (χ3n) is 4.58.